The fraction of sp³-hybridized carbons (Fsp3) is 1.00. The number of fused-ring (bicyclic) bond motifs is 2. The first kappa shape index (κ1) is 3.87. The molecule has 3 rings (SSSR count). The lowest BCUT2D eigenvalue weighted by Crippen LogP contribution is -2.55. The van der Waals surface area contributed by atoms with Crippen LogP contribution < -0.4 is 5.32 Å². The van der Waals surface area contributed by atoms with Gasteiger partial charge in [0.15, 0.2) is 0 Å². The van der Waals surface area contributed by atoms with Crippen molar-refractivity contribution in [3.63, 3.8) is 0 Å². The van der Waals surface area contributed by atoms with Gasteiger partial charge in [0.05, 0.1) is 12.2 Å². The first-order valence-corrected chi connectivity index (χ1v) is 2.81. The molecule has 3 aliphatic rings. The highest BCUT2D eigenvalue weighted by Crippen LogP contribution is 2.22. The van der Waals surface area contributed by atoms with Crippen LogP contribution in [0, 0.1) is 0 Å². The number of hydrogen-bond donors (Lipinski definition) is 1. The summed E-state index contributed by atoms with van der Waals surface area (Å²) in [6.07, 6.45) is 2.44. The van der Waals surface area contributed by atoms with Gasteiger partial charge in [-0.2, -0.15) is 0 Å². The van der Waals surface area contributed by atoms with Gasteiger partial charge in [-0.1, -0.05) is 0 Å². The molecule has 3 aliphatic heterocycles. The first-order valence-electron chi connectivity index (χ1n) is 2.81. The summed E-state index contributed by atoms with van der Waals surface area (Å²) < 4.78 is 5.31. The maximum absolute atomic E-state index is 5.31. The summed E-state index contributed by atoms with van der Waals surface area (Å²) in [5, 5.41) is 3.26. The summed E-state index contributed by atoms with van der Waals surface area (Å²) in [7, 11) is 0. The molecule has 1 N–H and O–H groups in total. The van der Waals surface area contributed by atoms with Gasteiger partial charge < -0.3 is 10.1 Å². The van der Waals surface area contributed by atoms with Gasteiger partial charge in [0.25, 0.3) is 0 Å². The van der Waals surface area contributed by atoms with Crippen molar-refractivity contribution in [3.05, 3.63) is 0 Å². The normalized spacial score (nSPS) is 48.0. The molecule has 0 spiro atoms. The largest absolute Gasteiger partial charge is 0.372 e. The highest BCUT2D eigenvalue weighted by molar-refractivity contribution is 4.86. The summed E-state index contributed by atoms with van der Waals surface area (Å²) in [6.45, 7) is 2.16. The molecule has 2 bridgehead atoms. The average molecular weight is 99.1 g/mol. The Kier molecular flexibility index (Phi) is 0.664. The van der Waals surface area contributed by atoms with E-state index in [2.05, 4.69) is 5.32 Å². The summed E-state index contributed by atoms with van der Waals surface area (Å²) in [5.74, 6) is 0. The minimum absolute atomic E-state index is 0.568. The van der Waals surface area contributed by atoms with Crippen LogP contribution >= 0.6 is 0 Å². The van der Waals surface area contributed by atoms with Crippen LogP contribution in [-0.2, 0) is 4.74 Å². The quantitative estimate of drug-likeness (QED) is 0.452. The Hall–Kier alpha value is -0.0800. The molecule has 0 unspecified atom stereocenters. The van der Waals surface area contributed by atoms with E-state index in [9.17, 15) is 0 Å². The molecule has 3 fully saturated rings. The van der Waals surface area contributed by atoms with E-state index in [1.807, 2.05) is 0 Å². The first-order chi connectivity index (χ1) is 3.45. The van der Waals surface area contributed by atoms with E-state index in [4.69, 9.17) is 4.74 Å². The molecule has 0 aromatic rings. The van der Waals surface area contributed by atoms with Gasteiger partial charge in [0.2, 0.25) is 0 Å². The minimum Gasteiger partial charge on any atom is -0.372 e. The molecule has 3 heterocycles. The topological polar surface area (TPSA) is 21.3 Å². The third kappa shape index (κ3) is 0.469. The molecule has 2 nitrogen and oxygen atoms in total. The molecule has 0 aliphatic carbocycles. The van der Waals surface area contributed by atoms with E-state index >= 15 is 0 Å². The molecule has 0 radical (unpaired) electrons. The number of hydrogen-bond acceptors (Lipinski definition) is 2. The number of nitrogens with one attached hydrogen (secondary N) is 1. The van der Waals surface area contributed by atoms with Crippen molar-refractivity contribution in [2.45, 2.75) is 18.6 Å². The van der Waals surface area contributed by atoms with E-state index in [1.165, 1.54) is 6.42 Å². The summed E-state index contributed by atoms with van der Waals surface area (Å²) in [6, 6.07) is 0. The number of morpholine rings is 1. The molecule has 40 valence electrons. The monoisotopic (exact) mass is 99.1 g/mol. The van der Waals surface area contributed by atoms with E-state index in [0.29, 0.717) is 12.2 Å². The lowest BCUT2D eigenvalue weighted by Gasteiger charge is -2.41. The zero-order chi connectivity index (χ0) is 4.69. The molecule has 7 heavy (non-hydrogen) atoms. The Balaban J connectivity index is 1.99. The fourth-order valence-electron chi connectivity index (χ4n) is 1.22. The molecule has 2 heteroatoms. The van der Waals surface area contributed by atoms with Crippen LogP contribution in [0.25, 0.3) is 0 Å². The molecule has 0 aromatic carbocycles. The second-order valence-electron chi connectivity index (χ2n) is 2.27. The molecule has 3 saturated heterocycles. The molecule has 0 aromatic heterocycles. The standard InChI is InChI=1S/C5H9NO/c1-4-2-6-3-5(1)7-4/h4-6H,1-3H2/t4-,5+. The number of ether oxygens (including phenoxy) is 1. The van der Waals surface area contributed by atoms with Gasteiger partial charge in [-0.05, 0) is 0 Å². The highest BCUT2D eigenvalue weighted by atomic mass is 16.5. The van der Waals surface area contributed by atoms with Crippen LogP contribution in [-0.4, -0.2) is 25.3 Å². The zero-order valence-electron chi connectivity index (χ0n) is 4.18. The Labute approximate surface area is 42.9 Å². The van der Waals surface area contributed by atoms with Gasteiger partial charge >= 0.3 is 0 Å². The smallest absolute Gasteiger partial charge is 0.0729 e. The van der Waals surface area contributed by atoms with Crippen molar-refractivity contribution in [1.29, 1.82) is 0 Å². The van der Waals surface area contributed by atoms with Crippen molar-refractivity contribution in [1.82, 2.24) is 5.32 Å². The Morgan fingerprint density at radius 1 is 1.29 bits per heavy atom. The Bertz CT molecular complexity index is 64.6. The van der Waals surface area contributed by atoms with Gasteiger partial charge in [0, 0.05) is 19.5 Å². The number of rotatable bonds is 0. The maximum Gasteiger partial charge on any atom is 0.0729 e. The van der Waals surface area contributed by atoms with Crippen LogP contribution in [0.5, 0.6) is 0 Å². The van der Waals surface area contributed by atoms with Crippen molar-refractivity contribution >= 4 is 0 Å². The molecule has 0 saturated carbocycles. The predicted octanol–water partition coefficient (Wildman–Crippen LogP) is -0.253. The molecular weight excluding hydrogens is 90.1 g/mol. The van der Waals surface area contributed by atoms with Crippen molar-refractivity contribution < 1.29 is 4.74 Å². The van der Waals surface area contributed by atoms with E-state index in [0.717, 1.165) is 13.1 Å². The van der Waals surface area contributed by atoms with Gasteiger partial charge in [-0.3, -0.25) is 0 Å². The summed E-state index contributed by atoms with van der Waals surface area (Å²) >= 11 is 0. The highest BCUT2D eigenvalue weighted by Gasteiger charge is 2.33. The van der Waals surface area contributed by atoms with E-state index < -0.39 is 0 Å². The summed E-state index contributed by atoms with van der Waals surface area (Å²) in [5.41, 5.74) is 0. The third-order valence-corrected chi connectivity index (χ3v) is 1.65. The zero-order valence-corrected chi connectivity index (χ0v) is 4.18. The average Bonchev–Trinajstić information content (AvgIpc) is 1.67. The second-order valence-corrected chi connectivity index (χ2v) is 2.27. The molecule has 0 amide bonds. The predicted molar refractivity (Wildman–Crippen MR) is 26.1 cm³/mol. The van der Waals surface area contributed by atoms with Crippen LogP contribution in [0.1, 0.15) is 6.42 Å². The number of piperidine rings is 1. The van der Waals surface area contributed by atoms with Crippen LogP contribution in [0.2, 0.25) is 0 Å². The van der Waals surface area contributed by atoms with Gasteiger partial charge in [-0.15, -0.1) is 0 Å². The van der Waals surface area contributed by atoms with Crippen LogP contribution in [0.3, 0.4) is 0 Å². The third-order valence-electron chi connectivity index (χ3n) is 1.65. The lowest BCUT2D eigenvalue weighted by atomic mass is 10.0. The molecule has 2 atom stereocenters. The SMILES string of the molecule is C1NC[C@H]2C[C@@H]1O2. The maximum atomic E-state index is 5.31. The summed E-state index contributed by atoms with van der Waals surface area (Å²) in [4.78, 5) is 0. The van der Waals surface area contributed by atoms with Gasteiger partial charge in [-0.25, -0.2) is 0 Å². The fourth-order valence-corrected chi connectivity index (χ4v) is 1.22. The lowest BCUT2D eigenvalue weighted by molar-refractivity contribution is -0.143. The minimum atomic E-state index is 0.568. The van der Waals surface area contributed by atoms with Crippen molar-refractivity contribution in [3.8, 4) is 0 Å². The van der Waals surface area contributed by atoms with Crippen LogP contribution in [0.4, 0.5) is 0 Å². The Morgan fingerprint density at radius 2 is 1.86 bits per heavy atom. The Morgan fingerprint density at radius 3 is 2.00 bits per heavy atom. The van der Waals surface area contributed by atoms with E-state index in [-0.39, 0.29) is 0 Å². The second kappa shape index (κ2) is 1.20. The van der Waals surface area contributed by atoms with E-state index in [1.54, 1.807) is 0 Å². The van der Waals surface area contributed by atoms with Crippen LogP contribution in [0.15, 0.2) is 0 Å². The van der Waals surface area contributed by atoms with Crippen molar-refractivity contribution in [2.24, 2.45) is 0 Å². The molecular formula is C5H9NO. The van der Waals surface area contributed by atoms with Crippen molar-refractivity contribution in [2.75, 3.05) is 13.1 Å². The van der Waals surface area contributed by atoms with Gasteiger partial charge in [0.1, 0.15) is 0 Å².